The van der Waals surface area contributed by atoms with E-state index in [0.29, 0.717) is 0 Å². The summed E-state index contributed by atoms with van der Waals surface area (Å²) in [6, 6.07) is 4.03. The largest absolute Gasteiger partial charge is 0.334 e. The third kappa shape index (κ3) is 2.19. The van der Waals surface area contributed by atoms with E-state index < -0.39 is 0 Å². The molecule has 0 saturated carbocycles. The minimum atomic E-state index is 0.142. The Kier molecular flexibility index (Phi) is 3.06. The van der Waals surface area contributed by atoms with Gasteiger partial charge in [-0.3, -0.25) is 4.79 Å². The van der Waals surface area contributed by atoms with Gasteiger partial charge in [0.1, 0.15) is 0 Å². The summed E-state index contributed by atoms with van der Waals surface area (Å²) in [7, 11) is 0. The van der Waals surface area contributed by atoms with Crippen LogP contribution in [0.4, 0.5) is 0 Å². The monoisotopic (exact) mass is 327 g/mol. The van der Waals surface area contributed by atoms with Crippen molar-refractivity contribution in [1.29, 1.82) is 0 Å². The van der Waals surface area contributed by atoms with Crippen LogP contribution in [0.1, 0.15) is 20.8 Å². The van der Waals surface area contributed by atoms with E-state index in [1.165, 1.54) is 10.4 Å². The van der Waals surface area contributed by atoms with Gasteiger partial charge < -0.3 is 4.90 Å². The second-order valence-electron chi connectivity index (χ2n) is 3.99. The summed E-state index contributed by atoms with van der Waals surface area (Å²) in [5.41, 5.74) is 2.10. The van der Waals surface area contributed by atoms with Crippen molar-refractivity contribution in [3.8, 4) is 0 Å². The fourth-order valence-corrected chi connectivity index (χ4v) is 4.05. The van der Waals surface area contributed by atoms with Crippen molar-refractivity contribution in [3.63, 3.8) is 0 Å². The highest BCUT2D eigenvalue weighted by Gasteiger charge is 2.22. The molecule has 0 saturated heterocycles. The van der Waals surface area contributed by atoms with Gasteiger partial charge in [0.15, 0.2) is 0 Å². The number of hydrogen-bond donors (Lipinski definition) is 0. The average molecular weight is 328 g/mol. The molecule has 0 spiro atoms. The highest BCUT2D eigenvalue weighted by Crippen LogP contribution is 2.27. The molecule has 0 radical (unpaired) electrons. The van der Waals surface area contributed by atoms with Gasteiger partial charge >= 0.3 is 0 Å². The molecule has 3 heterocycles. The molecule has 0 aromatic carbocycles. The molecule has 2 aromatic rings. The Bertz CT molecular complexity index is 560. The molecule has 0 aliphatic carbocycles. The first-order valence-electron chi connectivity index (χ1n) is 5.32. The number of nitrogens with zero attached hydrogens (tertiary/aromatic N) is 1. The quantitative estimate of drug-likeness (QED) is 0.780. The van der Waals surface area contributed by atoms with E-state index in [2.05, 4.69) is 27.4 Å². The predicted molar refractivity (Wildman–Crippen MR) is 74.8 cm³/mol. The third-order valence-corrected chi connectivity index (χ3v) is 5.44. The zero-order chi connectivity index (χ0) is 11.8. The van der Waals surface area contributed by atoms with Crippen LogP contribution in [0.3, 0.4) is 0 Å². The number of amides is 1. The number of hydrogen-bond acceptors (Lipinski definition) is 3. The topological polar surface area (TPSA) is 20.3 Å². The smallest absolute Gasteiger partial charge is 0.255 e. The van der Waals surface area contributed by atoms with Gasteiger partial charge in [0.25, 0.3) is 5.91 Å². The molecule has 0 fully saturated rings. The lowest BCUT2D eigenvalue weighted by Crippen LogP contribution is -2.35. The first kappa shape index (κ1) is 11.4. The molecule has 2 aromatic heterocycles. The van der Waals surface area contributed by atoms with E-state index in [0.717, 1.165) is 28.9 Å². The van der Waals surface area contributed by atoms with Gasteiger partial charge in [0.05, 0.1) is 9.35 Å². The Balaban J connectivity index is 1.81. The van der Waals surface area contributed by atoms with Crippen LogP contribution in [0.25, 0.3) is 0 Å². The van der Waals surface area contributed by atoms with Crippen LogP contribution in [0.15, 0.2) is 26.7 Å². The zero-order valence-corrected chi connectivity index (χ0v) is 12.2. The maximum Gasteiger partial charge on any atom is 0.255 e. The fraction of sp³-hybridized carbons (Fsp3) is 0.250. The molecule has 3 rings (SSSR count). The molecule has 0 atom stereocenters. The molecule has 1 amide bonds. The summed E-state index contributed by atoms with van der Waals surface area (Å²) in [6.07, 6.45) is 0.990. The van der Waals surface area contributed by atoms with E-state index in [4.69, 9.17) is 0 Å². The minimum Gasteiger partial charge on any atom is -0.334 e. The van der Waals surface area contributed by atoms with Crippen LogP contribution in [0, 0.1) is 0 Å². The Morgan fingerprint density at radius 1 is 1.41 bits per heavy atom. The van der Waals surface area contributed by atoms with Gasteiger partial charge in [0, 0.05) is 23.3 Å². The van der Waals surface area contributed by atoms with Crippen molar-refractivity contribution in [2.45, 2.75) is 13.0 Å². The molecule has 1 aliphatic rings. The van der Waals surface area contributed by atoms with E-state index >= 15 is 0 Å². The predicted octanol–water partition coefficient (Wildman–Crippen LogP) is 3.77. The molecule has 17 heavy (non-hydrogen) atoms. The Labute approximate surface area is 116 Å². The highest BCUT2D eigenvalue weighted by molar-refractivity contribution is 9.11. The van der Waals surface area contributed by atoms with Gasteiger partial charge in [-0.2, -0.15) is 0 Å². The maximum absolute atomic E-state index is 12.3. The normalized spacial score (nSPS) is 14.8. The SMILES string of the molecule is O=C(c1csc(Br)c1)N1CCc2sccc2C1. The molecule has 1 aliphatic heterocycles. The van der Waals surface area contributed by atoms with E-state index in [9.17, 15) is 4.79 Å². The van der Waals surface area contributed by atoms with Crippen molar-refractivity contribution in [2.24, 2.45) is 0 Å². The van der Waals surface area contributed by atoms with E-state index in [1.807, 2.05) is 16.3 Å². The number of carbonyl (C=O) groups is 1. The summed E-state index contributed by atoms with van der Waals surface area (Å²) in [6.45, 7) is 1.59. The second kappa shape index (κ2) is 4.55. The lowest BCUT2D eigenvalue weighted by molar-refractivity contribution is 0.0736. The molecule has 88 valence electrons. The number of rotatable bonds is 1. The van der Waals surface area contributed by atoms with E-state index in [-0.39, 0.29) is 5.91 Å². The second-order valence-corrected chi connectivity index (χ2v) is 7.28. The lowest BCUT2D eigenvalue weighted by atomic mass is 10.1. The molecular weight excluding hydrogens is 318 g/mol. The van der Waals surface area contributed by atoms with Crippen molar-refractivity contribution in [2.75, 3.05) is 6.54 Å². The van der Waals surface area contributed by atoms with Gasteiger partial charge in [-0.15, -0.1) is 22.7 Å². The summed E-state index contributed by atoms with van der Waals surface area (Å²) in [4.78, 5) is 15.6. The Morgan fingerprint density at radius 3 is 3.06 bits per heavy atom. The number of halogens is 1. The van der Waals surface area contributed by atoms with Crippen molar-refractivity contribution >= 4 is 44.5 Å². The standard InChI is InChI=1S/C12H10BrNOS2/c13-11-5-9(7-17-11)12(15)14-3-1-10-8(6-14)2-4-16-10/h2,4-5,7H,1,3,6H2. The average Bonchev–Trinajstić information content (AvgIpc) is 2.95. The van der Waals surface area contributed by atoms with Crippen LogP contribution in [0.5, 0.6) is 0 Å². The number of thiophene rings is 2. The molecule has 5 heteroatoms. The molecule has 2 nitrogen and oxygen atoms in total. The van der Waals surface area contributed by atoms with Crippen LogP contribution < -0.4 is 0 Å². The van der Waals surface area contributed by atoms with Crippen molar-refractivity contribution < 1.29 is 4.79 Å². The van der Waals surface area contributed by atoms with Gasteiger partial charge in [0.2, 0.25) is 0 Å². The van der Waals surface area contributed by atoms with Crippen molar-refractivity contribution in [3.05, 3.63) is 42.7 Å². The summed E-state index contributed by atoms with van der Waals surface area (Å²) in [5, 5.41) is 4.02. The van der Waals surface area contributed by atoms with Crippen LogP contribution >= 0.6 is 38.6 Å². The summed E-state index contributed by atoms with van der Waals surface area (Å²) < 4.78 is 1.01. The van der Waals surface area contributed by atoms with Gasteiger partial charge in [-0.05, 0) is 45.4 Å². The third-order valence-electron chi connectivity index (χ3n) is 2.91. The van der Waals surface area contributed by atoms with Gasteiger partial charge in [-0.25, -0.2) is 0 Å². The first-order chi connectivity index (χ1) is 8.24. The molecule has 0 bridgehead atoms. The number of carbonyl (C=O) groups excluding carboxylic acids is 1. The molecular formula is C12H10BrNOS2. The Hall–Kier alpha value is -0.650. The maximum atomic E-state index is 12.3. The van der Waals surface area contributed by atoms with E-state index in [1.54, 1.807) is 22.7 Å². The minimum absolute atomic E-state index is 0.142. The van der Waals surface area contributed by atoms with Crippen molar-refractivity contribution in [1.82, 2.24) is 4.90 Å². The highest BCUT2D eigenvalue weighted by atomic mass is 79.9. The van der Waals surface area contributed by atoms with Gasteiger partial charge in [-0.1, -0.05) is 0 Å². The van der Waals surface area contributed by atoms with Crippen LogP contribution in [-0.2, 0) is 13.0 Å². The molecule has 0 unspecified atom stereocenters. The summed E-state index contributed by atoms with van der Waals surface area (Å²) in [5.74, 6) is 0.142. The first-order valence-corrected chi connectivity index (χ1v) is 7.88. The lowest BCUT2D eigenvalue weighted by Gasteiger charge is -2.26. The number of fused-ring (bicyclic) bond motifs is 1. The molecule has 0 N–H and O–H groups in total. The Morgan fingerprint density at radius 2 is 2.29 bits per heavy atom. The van der Waals surface area contributed by atoms with Crippen LogP contribution in [0.2, 0.25) is 0 Å². The van der Waals surface area contributed by atoms with Crippen LogP contribution in [-0.4, -0.2) is 17.4 Å². The summed E-state index contributed by atoms with van der Waals surface area (Å²) >= 11 is 6.74. The zero-order valence-electron chi connectivity index (χ0n) is 8.98. The fourth-order valence-electron chi connectivity index (χ4n) is 2.03.